The highest BCUT2D eigenvalue weighted by atomic mass is 32.2. The standard InChI is InChI=1S/C16H19FN4OS2/c1-23-16-20-19-15(24-16)18-14(22)12-3-2-8-21(10-12)9-11-4-6-13(17)7-5-11/h4-7,12H,2-3,8-10H2,1H3,(H,18,19,22)/t12-/m1/s1. The van der Waals surface area contributed by atoms with Crippen molar-refractivity contribution in [3.8, 4) is 0 Å². The molecule has 1 aromatic carbocycles. The number of nitrogens with one attached hydrogen (secondary N) is 1. The van der Waals surface area contributed by atoms with E-state index in [0.717, 1.165) is 35.8 Å². The number of hydrogen-bond donors (Lipinski definition) is 1. The smallest absolute Gasteiger partial charge is 0.230 e. The van der Waals surface area contributed by atoms with Crippen molar-refractivity contribution >= 4 is 34.1 Å². The molecule has 1 atom stereocenters. The van der Waals surface area contributed by atoms with Gasteiger partial charge in [-0.1, -0.05) is 35.2 Å². The van der Waals surface area contributed by atoms with E-state index in [1.807, 2.05) is 6.26 Å². The maximum atomic E-state index is 13.0. The zero-order chi connectivity index (χ0) is 16.9. The van der Waals surface area contributed by atoms with Gasteiger partial charge in [0.2, 0.25) is 11.0 Å². The van der Waals surface area contributed by atoms with Crippen LogP contribution in [0.1, 0.15) is 18.4 Å². The summed E-state index contributed by atoms with van der Waals surface area (Å²) in [6.07, 6.45) is 3.78. The van der Waals surface area contributed by atoms with Crippen LogP contribution in [-0.2, 0) is 11.3 Å². The number of halogens is 1. The van der Waals surface area contributed by atoms with Crippen molar-refractivity contribution in [2.24, 2.45) is 5.92 Å². The monoisotopic (exact) mass is 366 g/mol. The lowest BCUT2D eigenvalue weighted by Gasteiger charge is -2.31. The number of benzene rings is 1. The van der Waals surface area contributed by atoms with Gasteiger partial charge in [-0.2, -0.15) is 0 Å². The summed E-state index contributed by atoms with van der Waals surface area (Å²) in [6, 6.07) is 6.54. The van der Waals surface area contributed by atoms with Gasteiger partial charge in [0.1, 0.15) is 5.82 Å². The van der Waals surface area contributed by atoms with Gasteiger partial charge in [-0.25, -0.2) is 4.39 Å². The zero-order valence-electron chi connectivity index (χ0n) is 13.4. The van der Waals surface area contributed by atoms with Gasteiger partial charge >= 0.3 is 0 Å². The van der Waals surface area contributed by atoms with Crippen molar-refractivity contribution in [3.05, 3.63) is 35.6 Å². The molecule has 0 bridgehead atoms. The number of likely N-dealkylation sites (tertiary alicyclic amines) is 1. The molecule has 0 radical (unpaired) electrons. The average molecular weight is 366 g/mol. The van der Waals surface area contributed by atoms with Gasteiger partial charge in [-0.3, -0.25) is 9.69 Å². The number of thioether (sulfide) groups is 1. The third-order valence-electron chi connectivity index (χ3n) is 4.01. The molecule has 5 nitrogen and oxygen atoms in total. The van der Waals surface area contributed by atoms with Crippen molar-refractivity contribution in [2.75, 3.05) is 24.7 Å². The van der Waals surface area contributed by atoms with Crippen LogP contribution in [0.5, 0.6) is 0 Å². The molecule has 0 spiro atoms. The van der Waals surface area contributed by atoms with E-state index in [-0.39, 0.29) is 17.6 Å². The molecule has 8 heteroatoms. The van der Waals surface area contributed by atoms with Crippen LogP contribution in [0.4, 0.5) is 9.52 Å². The number of carbonyl (C=O) groups is 1. The van der Waals surface area contributed by atoms with E-state index in [1.165, 1.54) is 35.2 Å². The first-order valence-electron chi connectivity index (χ1n) is 7.79. The van der Waals surface area contributed by atoms with Crippen LogP contribution >= 0.6 is 23.1 Å². The molecule has 1 amide bonds. The largest absolute Gasteiger partial charge is 0.300 e. The summed E-state index contributed by atoms with van der Waals surface area (Å²) < 4.78 is 13.8. The molecule has 1 saturated heterocycles. The van der Waals surface area contributed by atoms with E-state index in [9.17, 15) is 9.18 Å². The highest BCUT2D eigenvalue weighted by Crippen LogP contribution is 2.25. The lowest BCUT2D eigenvalue weighted by Crippen LogP contribution is -2.40. The summed E-state index contributed by atoms with van der Waals surface area (Å²) in [5, 5.41) is 11.4. The van der Waals surface area contributed by atoms with E-state index in [0.29, 0.717) is 11.7 Å². The Bertz CT molecular complexity index is 692. The van der Waals surface area contributed by atoms with E-state index in [4.69, 9.17) is 0 Å². The number of aromatic nitrogens is 2. The van der Waals surface area contributed by atoms with Gasteiger partial charge in [0.05, 0.1) is 5.92 Å². The maximum absolute atomic E-state index is 13.0. The van der Waals surface area contributed by atoms with Gasteiger partial charge in [-0.05, 0) is 43.3 Å². The Labute approximate surface area is 148 Å². The number of piperidine rings is 1. The number of nitrogens with zero attached hydrogens (tertiary/aromatic N) is 3. The average Bonchev–Trinajstić information content (AvgIpc) is 3.05. The maximum Gasteiger partial charge on any atom is 0.230 e. The van der Waals surface area contributed by atoms with Crippen LogP contribution in [0.3, 0.4) is 0 Å². The van der Waals surface area contributed by atoms with Crippen LogP contribution in [-0.4, -0.2) is 40.3 Å². The minimum Gasteiger partial charge on any atom is -0.300 e. The molecule has 0 aliphatic carbocycles. The molecular formula is C16H19FN4OS2. The highest BCUT2D eigenvalue weighted by Gasteiger charge is 2.26. The van der Waals surface area contributed by atoms with Crippen LogP contribution in [0.15, 0.2) is 28.6 Å². The summed E-state index contributed by atoms with van der Waals surface area (Å²) in [5.74, 6) is -0.278. The van der Waals surface area contributed by atoms with E-state index < -0.39 is 0 Å². The molecule has 0 unspecified atom stereocenters. The number of hydrogen-bond acceptors (Lipinski definition) is 6. The van der Waals surface area contributed by atoms with Gasteiger partial charge < -0.3 is 5.32 Å². The molecule has 2 aromatic rings. The van der Waals surface area contributed by atoms with Gasteiger partial charge in [0, 0.05) is 13.1 Å². The Hall–Kier alpha value is -1.51. The Balaban J connectivity index is 1.56. The van der Waals surface area contributed by atoms with Gasteiger partial charge in [-0.15, -0.1) is 10.2 Å². The predicted octanol–water partition coefficient (Wildman–Crippen LogP) is 3.25. The van der Waals surface area contributed by atoms with Crippen LogP contribution in [0.2, 0.25) is 0 Å². The third-order valence-corrected chi connectivity index (χ3v) is 5.82. The van der Waals surface area contributed by atoms with E-state index >= 15 is 0 Å². The predicted molar refractivity (Wildman–Crippen MR) is 94.7 cm³/mol. The lowest BCUT2D eigenvalue weighted by molar-refractivity contribution is -0.121. The quantitative estimate of drug-likeness (QED) is 0.650. The highest BCUT2D eigenvalue weighted by molar-refractivity contribution is 8.00. The zero-order valence-corrected chi connectivity index (χ0v) is 15.0. The second kappa shape index (κ2) is 8.04. The lowest BCUT2D eigenvalue weighted by atomic mass is 9.97. The van der Waals surface area contributed by atoms with Gasteiger partial charge in [0.15, 0.2) is 4.34 Å². The fraction of sp³-hybridized carbons (Fsp3) is 0.438. The molecule has 0 saturated carbocycles. The van der Waals surface area contributed by atoms with Crippen LogP contribution in [0.25, 0.3) is 0 Å². The molecule has 2 heterocycles. The van der Waals surface area contributed by atoms with Crippen molar-refractivity contribution in [2.45, 2.75) is 23.7 Å². The third kappa shape index (κ3) is 4.52. The van der Waals surface area contributed by atoms with Crippen molar-refractivity contribution in [3.63, 3.8) is 0 Å². The summed E-state index contributed by atoms with van der Waals surface area (Å²) in [7, 11) is 0. The Morgan fingerprint density at radius 1 is 1.42 bits per heavy atom. The Kier molecular flexibility index (Phi) is 5.80. The molecule has 1 N–H and O–H groups in total. The number of carbonyl (C=O) groups excluding carboxylic acids is 1. The van der Waals surface area contributed by atoms with Crippen molar-refractivity contribution in [1.82, 2.24) is 15.1 Å². The number of rotatable bonds is 5. The second-order valence-corrected chi connectivity index (χ2v) is 7.80. The molecule has 1 aromatic heterocycles. The van der Waals surface area contributed by atoms with Crippen molar-refractivity contribution < 1.29 is 9.18 Å². The molecule has 24 heavy (non-hydrogen) atoms. The van der Waals surface area contributed by atoms with E-state index in [1.54, 1.807) is 12.1 Å². The van der Waals surface area contributed by atoms with Crippen molar-refractivity contribution in [1.29, 1.82) is 0 Å². The molecule has 128 valence electrons. The van der Waals surface area contributed by atoms with Crippen LogP contribution < -0.4 is 5.32 Å². The Morgan fingerprint density at radius 2 is 2.21 bits per heavy atom. The second-order valence-electron chi connectivity index (χ2n) is 5.77. The summed E-state index contributed by atoms with van der Waals surface area (Å²) in [5.41, 5.74) is 1.06. The number of amides is 1. The summed E-state index contributed by atoms with van der Waals surface area (Å²) in [4.78, 5) is 14.7. The number of anilines is 1. The molecule has 1 fully saturated rings. The molecule has 1 aliphatic rings. The minimum absolute atomic E-state index is 0.00242. The minimum atomic E-state index is -0.226. The SMILES string of the molecule is CSc1nnc(NC(=O)[C@@H]2CCCN(Cc3ccc(F)cc3)C2)s1. The molecule has 1 aliphatic heterocycles. The van der Waals surface area contributed by atoms with E-state index in [2.05, 4.69) is 20.4 Å². The first kappa shape index (κ1) is 17.3. The van der Waals surface area contributed by atoms with Gasteiger partial charge in [0.25, 0.3) is 0 Å². The molecule has 3 rings (SSSR count). The molecular weight excluding hydrogens is 347 g/mol. The fourth-order valence-corrected chi connectivity index (χ4v) is 3.98. The first-order valence-corrected chi connectivity index (χ1v) is 9.83. The fourth-order valence-electron chi connectivity index (χ4n) is 2.81. The van der Waals surface area contributed by atoms with Crippen LogP contribution in [0, 0.1) is 11.7 Å². The normalized spacial score (nSPS) is 18.5. The summed E-state index contributed by atoms with van der Waals surface area (Å²) in [6.45, 7) is 2.40. The Morgan fingerprint density at radius 3 is 2.92 bits per heavy atom. The topological polar surface area (TPSA) is 58.1 Å². The summed E-state index contributed by atoms with van der Waals surface area (Å²) >= 11 is 2.90. The first-order chi connectivity index (χ1) is 11.6.